The van der Waals surface area contributed by atoms with Crippen LogP contribution in [0.4, 0.5) is 4.39 Å². The molecule has 0 unspecified atom stereocenters. The van der Waals surface area contributed by atoms with E-state index in [0.717, 1.165) is 0 Å². The summed E-state index contributed by atoms with van der Waals surface area (Å²) in [5.41, 5.74) is 0. The normalized spacial score (nSPS) is 12.7. The third-order valence-corrected chi connectivity index (χ3v) is 5.74. The zero-order valence-electron chi connectivity index (χ0n) is 15.1. The van der Waals surface area contributed by atoms with Gasteiger partial charge in [0.25, 0.3) is 0 Å². The predicted octanol–water partition coefficient (Wildman–Crippen LogP) is 3.92. The van der Waals surface area contributed by atoms with Gasteiger partial charge in [0.15, 0.2) is 5.82 Å². The number of nitrogens with zero attached hydrogens (tertiary/aromatic N) is 3. The summed E-state index contributed by atoms with van der Waals surface area (Å²) in [6.45, 7) is 3.96. The molecule has 1 N–H and O–H groups in total. The van der Waals surface area contributed by atoms with Crippen molar-refractivity contribution in [1.82, 2.24) is 19.5 Å². The Labute approximate surface area is 167 Å². The molecule has 0 fully saturated rings. The van der Waals surface area contributed by atoms with E-state index >= 15 is 0 Å². The Morgan fingerprint density at radius 1 is 1.14 bits per heavy atom. The average molecular weight is 425 g/mol. The van der Waals surface area contributed by atoms with Crippen LogP contribution in [-0.4, -0.2) is 23.2 Å². The third kappa shape index (κ3) is 4.49. The summed E-state index contributed by atoms with van der Waals surface area (Å²) < 4.78 is 48.0. The summed E-state index contributed by atoms with van der Waals surface area (Å²) in [7, 11) is -3.78. The molecule has 0 aliphatic heterocycles. The minimum atomic E-state index is -3.78. The molecule has 148 valence electrons. The van der Waals surface area contributed by atoms with Gasteiger partial charge in [0.1, 0.15) is 11.6 Å². The van der Waals surface area contributed by atoms with Crippen LogP contribution in [0.2, 0.25) is 5.02 Å². The van der Waals surface area contributed by atoms with Crippen LogP contribution in [0, 0.1) is 5.82 Å². The number of rotatable bonds is 7. The number of halogens is 2. The lowest BCUT2D eigenvalue weighted by Crippen LogP contribution is -2.29. The quantitative estimate of drug-likeness (QED) is 0.621. The Bertz CT molecular complexity index is 1050. The van der Waals surface area contributed by atoms with Crippen LogP contribution in [-0.2, 0) is 16.6 Å². The van der Waals surface area contributed by atoms with Gasteiger partial charge in [0.05, 0.1) is 10.9 Å². The van der Waals surface area contributed by atoms with E-state index in [9.17, 15) is 12.8 Å². The van der Waals surface area contributed by atoms with Crippen molar-refractivity contribution in [1.29, 1.82) is 0 Å². The van der Waals surface area contributed by atoms with Crippen LogP contribution >= 0.6 is 11.6 Å². The van der Waals surface area contributed by atoms with Crippen LogP contribution in [0.5, 0.6) is 11.8 Å². The van der Waals surface area contributed by atoms with E-state index in [0.29, 0.717) is 23.1 Å². The molecule has 2 aromatic carbocycles. The molecule has 3 aromatic rings. The van der Waals surface area contributed by atoms with Gasteiger partial charge in [-0.25, -0.2) is 17.5 Å². The summed E-state index contributed by atoms with van der Waals surface area (Å²) in [5.74, 6) is 0.400. The van der Waals surface area contributed by atoms with Gasteiger partial charge >= 0.3 is 6.01 Å². The molecule has 3 rings (SSSR count). The minimum absolute atomic E-state index is 0.0918. The number of hydrogen-bond acceptors (Lipinski definition) is 5. The number of aromatic nitrogens is 3. The lowest BCUT2D eigenvalue weighted by molar-refractivity contribution is 0.407. The Morgan fingerprint density at radius 3 is 2.39 bits per heavy atom. The molecular formula is C18H18ClFN4O3S. The van der Waals surface area contributed by atoms with Crippen LogP contribution in [0.1, 0.15) is 25.7 Å². The maximum absolute atomic E-state index is 13.0. The zero-order valence-corrected chi connectivity index (χ0v) is 16.7. The molecule has 1 heterocycles. The molecule has 1 atom stereocenters. The molecule has 10 heteroatoms. The van der Waals surface area contributed by atoms with Crippen molar-refractivity contribution in [3.63, 3.8) is 0 Å². The van der Waals surface area contributed by atoms with Crippen LogP contribution < -0.4 is 9.46 Å². The fraction of sp³-hybridized carbons (Fsp3) is 0.222. The fourth-order valence-electron chi connectivity index (χ4n) is 2.57. The molecule has 0 saturated carbocycles. The van der Waals surface area contributed by atoms with Crippen LogP contribution in [0.3, 0.4) is 0 Å². The van der Waals surface area contributed by atoms with Crippen LogP contribution in [0.25, 0.3) is 0 Å². The van der Waals surface area contributed by atoms with Crippen molar-refractivity contribution in [3.8, 4) is 11.8 Å². The Hall–Kier alpha value is -2.49. The molecule has 0 saturated heterocycles. The van der Waals surface area contributed by atoms with Crippen molar-refractivity contribution >= 4 is 21.6 Å². The van der Waals surface area contributed by atoms with Gasteiger partial charge in [-0.1, -0.05) is 16.7 Å². The second kappa shape index (κ2) is 8.26. The Balaban J connectivity index is 1.81. The monoisotopic (exact) mass is 424 g/mol. The first-order valence-electron chi connectivity index (χ1n) is 8.44. The van der Waals surface area contributed by atoms with E-state index in [4.69, 9.17) is 16.3 Å². The summed E-state index contributed by atoms with van der Waals surface area (Å²) in [5, 5.41) is 8.49. The second-order valence-corrected chi connectivity index (χ2v) is 8.09. The highest BCUT2D eigenvalue weighted by Gasteiger charge is 2.24. The summed E-state index contributed by atoms with van der Waals surface area (Å²) >= 11 is 5.81. The molecule has 0 amide bonds. The SMILES string of the molecule is CCn1c(Oc2ccc(F)cc2)nnc1[C@@H](C)NS(=O)(=O)c1ccc(Cl)cc1. The maximum Gasteiger partial charge on any atom is 0.322 e. The molecule has 0 radical (unpaired) electrons. The standard InChI is InChI=1S/C18H18ClFN4O3S/c1-3-24-17(21-22-18(24)27-15-8-6-14(20)7-9-15)12(2)23-28(25,26)16-10-4-13(19)5-11-16/h4-12,23H,3H2,1-2H3/t12-/m1/s1. The van der Waals surface area contributed by atoms with E-state index in [2.05, 4.69) is 14.9 Å². The Morgan fingerprint density at radius 2 is 1.79 bits per heavy atom. The number of ether oxygens (including phenoxy) is 1. The highest BCUT2D eigenvalue weighted by Crippen LogP contribution is 2.24. The third-order valence-electron chi connectivity index (χ3n) is 3.93. The van der Waals surface area contributed by atoms with Crippen molar-refractivity contribution in [2.24, 2.45) is 0 Å². The first kappa shape index (κ1) is 20.2. The second-order valence-electron chi connectivity index (χ2n) is 5.94. The smallest absolute Gasteiger partial charge is 0.322 e. The first-order chi connectivity index (χ1) is 13.3. The van der Waals surface area contributed by atoms with Gasteiger partial charge in [0.2, 0.25) is 10.0 Å². The zero-order chi connectivity index (χ0) is 20.3. The van der Waals surface area contributed by atoms with Crippen molar-refractivity contribution in [2.45, 2.75) is 31.3 Å². The van der Waals surface area contributed by atoms with Crippen molar-refractivity contribution in [3.05, 3.63) is 65.2 Å². The van der Waals surface area contributed by atoms with Crippen molar-refractivity contribution in [2.75, 3.05) is 0 Å². The molecule has 0 aliphatic carbocycles. The van der Waals surface area contributed by atoms with Gasteiger partial charge in [-0.05, 0) is 62.4 Å². The molecule has 0 aliphatic rings. The number of sulfonamides is 1. The molecule has 0 spiro atoms. The topological polar surface area (TPSA) is 86.1 Å². The van der Waals surface area contributed by atoms with Gasteiger partial charge in [-0.3, -0.25) is 4.57 Å². The fourth-order valence-corrected chi connectivity index (χ4v) is 3.90. The highest BCUT2D eigenvalue weighted by atomic mass is 35.5. The van der Waals surface area contributed by atoms with E-state index in [1.165, 1.54) is 48.5 Å². The number of nitrogens with one attached hydrogen (secondary N) is 1. The maximum atomic E-state index is 13.0. The highest BCUT2D eigenvalue weighted by molar-refractivity contribution is 7.89. The van der Waals surface area contributed by atoms with Gasteiger partial charge in [-0.2, -0.15) is 0 Å². The summed E-state index contributed by atoms with van der Waals surface area (Å²) in [4.78, 5) is 0.0918. The first-order valence-corrected chi connectivity index (χ1v) is 10.3. The van der Waals surface area contributed by atoms with E-state index < -0.39 is 16.1 Å². The molecule has 7 nitrogen and oxygen atoms in total. The van der Waals surface area contributed by atoms with Gasteiger partial charge < -0.3 is 4.74 Å². The van der Waals surface area contributed by atoms with Crippen LogP contribution in [0.15, 0.2) is 53.4 Å². The molecule has 0 bridgehead atoms. The van der Waals surface area contributed by atoms with E-state index in [1.807, 2.05) is 6.92 Å². The van der Waals surface area contributed by atoms with E-state index in [-0.39, 0.29) is 16.7 Å². The predicted molar refractivity (Wildman–Crippen MR) is 102 cm³/mol. The lowest BCUT2D eigenvalue weighted by atomic mass is 10.3. The van der Waals surface area contributed by atoms with Crippen molar-refractivity contribution < 1.29 is 17.5 Å². The summed E-state index contributed by atoms with van der Waals surface area (Å²) in [6.07, 6.45) is 0. The van der Waals surface area contributed by atoms with Gasteiger partial charge in [-0.15, -0.1) is 5.10 Å². The minimum Gasteiger partial charge on any atom is -0.424 e. The number of hydrogen-bond donors (Lipinski definition) is 1. The number of benzene rings is 2. The molecule has 28 heavy (non-hydrogen) atoms. The largest absolute Gasteiger partial charge is 0.424 e. The Kier molecular flexibility index (Phi) is 5.97. The van der Waals surface area contributed by atoms with Gasteiger partial charge in [0, 0.05) is 11.6 Å². The molecular weight excluding hydrogens is 407 g/mol. The molecule has 1 aromatic heterocycles. The summed E-state index contributed by atoms with van der Waals surface area (Å²) in [6, 6.07) is 10.8. The lowest BCUT2D eigenvalue weighted by Gasteiger charge is -2.15. The van der Waals surface area contributed by atoms with E-state index in [1.54, 1.807) is 11.5 Å². The average Bonchev–Trinajstić information content (AvgIpc) is 3.06.